The highest BCUT2D eigenvalue weighted by Gasteiger charge is 2.21. The number of allylic oxidation sites excluding steroid dienone is 18. The Labute approximate surface area is 340 Å². The lowest BCUT2D eigenvalue weighted by atomic mass is 10.1. The number of rotatable bonds is 35. The van der Waals surface area contributed by atoms with Gasteiger partial charge in [-0.25, -0.2) is 0 Å². The number of carbonyl (C=O) groups excluding carboxylic acids is 2. The van der Waals surface area contributed by atoms with E-state index in [1.54, 1.807) is 0 Å². The summed E-state index contributed by atoms with van der Waals surface area (Å²) in [6, 6.07) is 0. The summed E-state index contributed by atoms with van der Waals surface area (Å²) in [4.78, 5) is 37.4. The van der Waals surface area contributed by atoms with Gasteiger partial charge in [0.25, 0.3) is 7.82 Å². The number of hydrogen-bond donors (Lipinski definition) is 0. The average Bonchev–Trinajstić information content (AvgIpc) is 3.15. The Morgan fingerprint density at radius 1 is 0.554 bits per heavy atom. The Bertz CT molecular complexity index is 1320. The van der Waals surface area contributed by atoms with Crippen molar-refractivity contribution < 1.29 is 42.1 Å². The molecule has 2 atom stereocenters. The molecule has 0 aromatic rings. The van der Waals surface area contributed by atoms with Crippen LogP contribution >= 0.6 is 7.82 Å². The van der Waals surface area contributed by atoms with Gasteiger partial charge >= 0.3 is 11.9 Å². The monoisotopic (exact) mass is 800 g/mol. The second-order valence-electron chi connectivity index (χ2n) is 14.2. The first-order valence-corrected chi connectivity index (χ1v) is 22.1. The van der Waals surface area contributed by atoms with Crippen molar-refractivity contribution in [2.75, 3.05) is 47.5 Å². The normalized spacial score (nSPS) is 14.8. The molecular formula is C46H74NO8P. The summed E-state index contributed by atoms with van der Waals surface area (Å²) in [6.45, 7) is 3.83. The average molecular weight is 800 g/mol. The molecule has 2 unspecified atom stereocenters. The number of carbonyl (C=O) groups is 2. The molecule has 0 aliphatic rings. The lowest BCUT2D eigenvalue weighted by Gasteiger charge is -2.28. The highest BCUT2D eigenvalue weighted by molar-refractivity contribution is 7.45. The van der Waals surface area contributed by atoms with E-state index < -0.39 is 32.5 Å². The van der Waals surface area contributed by atoms with Crippen molar-refractivity contribution in [3.05, 3.63) is 109 Å². The predicted molar refractivity (Wildman–Crippen MR) is 231 cm³/mol. The first-order chi connectivity index (χ1) is 27.0. The highest BCUT2D eigenvalue weighted by atomic mass is 31.2. The zero-order valence-corrected chi connectivity index (χ0v) is 36.2. The fourth-order valence-electron chi connectivity index (χ4n) is 4.63. The van der Waals surface area contributed by atoms with E-state index >= 15 is 0 Å². The minimum absolute atomic E-state index is 0.0549. The van der Waals surface area contributed by atoms with Gasteiger partial charge < -0.3 is 27.9 Å². The number of unbranched alkanes of at least 4 members (excludes halogenated alkanes) is 3. The van der Waals surface area contributed by atoms with Crippen molar-refractivity contribution >= 4 is 19.8 Å². The Kier molecular flexibility index (Phi) is 35.0. The summed E-state index contributed by atoms with van der Waals surface area (Å²) in [6.07, 6.45) is 50.0. The van der Waals surface area contributed by atoms with Crippen molar-refractivity contribution in [2.45, 2.75) is 123 Å². The van der Waals surface area contributed by atoms with Gasteiger partial charge in [0.2, 0.25) is 0 Å². The van der Waals surface area contributed by atoms with Crippen LogP contribution < -0.4 is 4.89 Å². The topological polar surface area (TPSA) is 111 Å². The zero-order chi connectivity index (χ0) is 41.4. The van der Waals surface area contributed by atoms with Crippen molar-refractivity contribution in [3.8, 4) is 0 Å². The predicted octanol–water partition coefficient (Wildman–Crippen LogP) is 10.9. The third-order valence-electron chi connectivity index (χ3n) is 7.80. The molecule has 0 saturated heterocycles. The molecule has 56 heavy (non-hydrogen) atoms. The summed E-state index contributed by atoms with van der Waals surface area (Å²) < 4.78 is 33.7. The third kappa shape index (κ3) is 40.3. The van der Waals surface area contributed by atoms with Crippen molar-refractivity contribution in [3.63, 3.8) is 0 Å². The lowest BCUT2D eigenvalue weighted by Crippen LogP contribution is -2.37. The lowest BCUT2D eigenvalue weighted by molar-refractivity contribution is -0.870. The number of quaternary nitrogens is 1. The number of likely N-dealkylation sites (N-methyl/N-ethyl adjacent to an activating group) is 1. The molecule has 0 amide bonds. The van der Waals surface area contributed by atoms with Gasteiger partial charge in [-0.3, -0.25) is 14.2 Å². The van der Waals surface area contributed by atoms with E-state index in [0.29, 0.717) is 23.9 Å². The van der Waals surface area contributed by atoms with Gasteiger partial charge in [0, 0.05) is 12.8 Å². The van der Waals surface area contributed by atoms with Crippen LogP contribution in [-0.4, -0.2) is 70.0 Å². The van der Waals surface area contributed by atoms with E-state index in [0.717, 1.165) is 77.0 Å². The fourth-order valence-corrected chi connectivity index (χ4v) is 5.36. The van der Waals surface area contributed by atoms with Crippen LogP contribution in [0, 0.1) is 0 Å². The maximum atomic E-state index is 12.6. The van der Waals surface area contributed by atoms with Crippen LogP contribution in [0.4, 0.5) is 0 Å². The van der Waals surface area contributed by atoms with Gasteiger partial charge in [-0.05, 0) is 83.5 Å². The number of hydrogen-bond acceptors (Lipinski definition) is 8. The van der Waals surface area contributed by atoms with Crippen LogP contribution in [0.2, 0.25) is 0 Å². The molecule has 0 N–H and O–H groups in total. The van der Waals surface area contributed by atoms with Gasteiger partial charge in [-0.15, -0.1) is 0 Å². The number of ether oxygens (including phenoxy) is 2. The first-order valence-electron chi connectivity index (χ1n) is 20.6. The minimum atomic E-state index is -4.66. The SMILES string of the molecule is CC/C=C\C/C=C\C/C=C\C/C=C\C/C=C\CCCCCC(=O)OC(COC(=O)CC/C=C\C/C=C\C/C=C\C/C=C\CC)COP(=O)([O-])OCC[N+](C)(C)C. The van der Waals surface area contributed by atoms with E-state index in [9.17, 15) is 19.0 Å². The molecule has 9 nitrogen and oxygen atoms in total. The molecule has 0 radical (unpaired) electrons. The second-order valence-corrected chi connectivity index (χ2v) is 15.6. The summed E-state index contributed by atoms with van der Waals surface area (Å²) in [5, 5.41) is 0. The molecule has 0 spiro atoms. The molecule has 10 heteroatoms. The standard InChI is InChI=1S/C46H74NO8P/c1-6-8-10-12-14-16-18-20-21-22-23-24-25-27-29-31-33-35-37-39-46(49)55-44(43-54-56(50,51)53-41-40-47(3,4)5)42-52-45(48)38-36-34-32-30-28-26-19-17-15-13-11-9-7-2/h8-11,14-17,20-21,23-24,26-29,32,34,44H,6-7,12-13,18-19,22,25,30-31,33,35-43H2,1-5H3/b10-8-,11-9-,16-14-,17-15-,21-20-,24-23-,28-26-,29-27-,34-32-. The van der Waals surface area contributed by atoms with E-state index in [1.165, 1.54) is 0 Å². The maximum absolute atomic E-state index is 12.6. The molecule has 0 fully saturated rings. The minimum Gasteiger partial charge on any atom is -0.756 e. The largest absolute Gasteiger partial charge is 0.756 e. The Morgan fingerprint density at radius 3 is 1.46 bits per heavy atom. The van der Waals surface area contributed by atoms with Crippen molar-refractivity contribution in [1.29, 1.82) is 0 Å². The van der Waals surface area contributed by atoms with Crippen LogP contribution in [-0.2, 0) is 32.7 Å². The van der Waals surface area contributed by atoms with Gasteiger partial charge in [-0.1, -0.05) is 130 Å². The van der Waals surface area contributed by atoms with E-state index in [-0.39, 0.29) is 26.1 Å². The smallest absolute Gasteiger partial charge is 0.306 e. The third-order valence-corrected chi connectivity index (χ3v) is 8.77. The molecule has 0 aromatic heterocycles. The van der Waals surface area contributed by atoms with E-state index in [4.69, 9.17) is 18.5 Å². The summed E-state index contributed by atoms with van der Waals surface area (Å²) in [7, 11) is 1.08. The second kappa shape index (κ2) is 37.3. The van der Waals surface area contributed by atoms with Crippen LogP contribution in [0.25, 0.3) is 0 Å². The molecule has 316 valence electrons. The zero-order valence-electron chi connectivity index (χ0n) is 35.3. The van der Waals surface area contributed by atoms with Crippen LogP contribution in [0.5, 0.6) is 0 Å². The summed E-state index contributed by atoms with van der Waals surface area (Å²) in [5.74, 6) is -0.982. The van der Waals surface area contributed by atoms with Gasteiger partial charge in [0.15, 0.2) is 6.10 Å². The molecule has 0 aliphatic carbocycles. The molecule has 0 aliphatic heterocycles. The van der Waals surface area contributed by atoms with E-state index in [1.807, 2.05) is 33.3 Å². The van der Waals surface area contributed by atoms with Crippen molar-refractivity contribution in [1.82, 2.24) is 0 Å². The molecule has 0 rings (SSSR count). The number of phosphoric acid groups is 1. The van der Waals surface area contributed by atoms with Crippen LogP contribution in [0.3, 0.4) is 0 Å². The highest BCUT2D eigenvalue weighted by Crippen LogP contribution is 2.38. The molecular weight excluding hydrogens is 725 g/mol. The number of esters is 2. The molecule has 0 saturated carbocycles. The first kappa shape index (κ1) is 52.7. The summed E-state index contributed by atoms with van der Waals surface area (Å²) >= 11 is 0. The van der Waals surface area contributed by atoms with Crippen LogP contribution in [0.1, 0.15) is 117 Å². The Hall–Kier alpha value is -3.33. The van der Waals surface area contributed by atoms with Crippen LogP contribution in [0.15, 0.2) is 109 Å². The van der Waals surface area contributed by atoms with Gasteiger partial charge in [0.1, 0.15) is 19.8 Å². The molecule has 0 heterocycles. The quantitative estimate of drug-likeness (QED) is 0.0205. The van der Waals surface area contributed by atoms with Gasteiger partial charge in [0.05, 0.1) is 27.7 Å². The Balaban J connectivity index is 4.58. The van der Waals surface area contributed by atoms with Crippen molar-refractivity contribution in [2.24, 2.45) is 0 Å². The molecule has 0 aromatic carbocycles. The van der Waals surface area contributed by atoms with E-state index in [2.05, 4.69) is 111 Å². The fraction of sp³-hybridized carbons (Fsp3) is 0.565. The Morgan fingerprint density at radius 2 is 1.00 bits per heavy atom. The van der Waals surface area contributed by atoms with Gasteiger partial charge in [-0.2, -0.15) is 0 Å². The maximum Gasteiger partial charge on any atom is 0.306 e. The number of nitrogens with zero attached hydrogens (tertiary/aromatic N) is 1. The summed E-state index contributed by atoms with van der Waals surface area (Å²) in [5.41, 5.74) is 0. The number of phosphoric ester groups is 1. The molecule has 0 bridgehead atoms.